The Morgan fingerprint density at radius 2 is 2.14 bits per heavy atom. The second-order valence-electron chi connectivity index (χ2n) is 7.42. The molecule has 1 N–H and O–H groups in total. The molecule has 0 aliphatic carbocycles. The van der Waals surface area contributed by atoms with E-state index in [4.69, 9.17) is 4.74 Å². The molecular weight excluding hydrogens is 495 g/mol. The number of methoxy groups -OCH3 is 1. The molecule has 1 aromatic heterocycles. The van der Waals surface area contributed by atoms with Gasteiger partial charge in [-0.3, -0.25) is 9.89 Å². The standard InChI is InChI=1S/C22H32N4OS.HI/c1-23-22(25(2)16-19-9-4-5-11-21(19)27-3)24-14-18-8-6-12-26(15-18)17-20-10-7-13-28-20;/h4-5,7,9-11,13,18H,6,8,12,14-17H2,1-3H3,(H,23,24);1H. The quantitative estimate of drug-likeness (QED) is 0.331. The summed E-state index contributed by atoms with van der Waals surface area (Å²) in [5, 5.41) is 5.75. The summed E-state index contributed by atoms with van der Waals surface area (Å²) in [5.74, 6) is 2.51. The molecule has 1 fully saturated rings. The lowest BCUT2D eigenvalue weighted by atomic mass is 9.98. The summed E-state index contributed by atoms with van der Waals surface area (Å²) in [6.45, 7) is 5.16. The van der Waals surface area contributed by atoms with Gasteiger partial charge in [0.05, 0.1) is 7.11 Å². The second kappa shape index (κ2) is 12.4. The normalized spacial score (nSPS) is 17.5. The Labute approximate surface area is 196 Å². The van der Waals surface area contributed by atoms with Gasteiger partial charge >= 0.3 is 0 Å². The van der Waals surface area contributed by atoms with Crippen LogP contribution in [-0.4, -0.2) is 56.6 Å². The molecule has 5 nitrogen and oxygen atoms in total. The molecule has 160 valence electrons. The van der Waals surface area contributed by atoms with Crippen molar-refractivity contribution in [2.24, 2.45) is 10.9 Å². The minimum Gasteiger partial charge on any atom is -0.496 e. The summed E-state index contributed by atoms with van der Waals surface area (Å²) < 4.78 is 5.48. The number of hydrogen-bond acceptors (Lipinski definition) is 4. The van der Waals surface area contributed by atoms with Crippen molar-refractivity contribution in [1.82, 2.24) is 15.1 Å². The maximum absolute atomic E-state index is 5.48. The number of halogens is 1. The monoisotopic (exact) mass is 528 g/mol. The van der Waals surface area contributed by atoms with Crippen LogP contribution in [0.3, 0.4) is 0 Å². The first-order valence-corrected chi connectivity index (χ1v) is 10.9. The van der Waals surface area contributed by atoms with Crippen LogP contribution in [0.5, 0.6) is 5.75 Å². The van der Waals surface area contributed by atoms with E-state index in [9.17, 15) is 0 Å². The molecule has 0 amide bonds. The number of benzene rings is 1. The average Bonchev–Trinajstić information content (AvgIpc) is 3.22. The van der Waals surface area contributed by atoms with Gasteiger partial charge in [0.25, 0.3) is 0 Å². The molecule has 1 aliphatic heterocycles. The number of likely N-dealkylation sites (tertiary alicyclic amines) is 1. The zero-order valence-electron chi connectivity index (χ0n) is 17.6. The van der Waals surface area contributed by atoms with Gasteiger partial charge in [0.2, 0.25) is 0 Å². The van der Waals surface area contributed by atoms with Crippen molar-refractivity contribution < 1.29 is 4.74 Å². The fourth-order valence-corrected chi connectivity index (χ4v) is 4.61. The fourth-order valence-electron chi connectivity index (χ4n) is 3.87. The van der Waals surface area contributed by atoms with Gasteiger partial charge in [0, 0.05) is 50.7 Å². The number of thiophene rings is 1. The van der Waals surface area contributed by atoms with Crippen LogP contribution in [0.2, 0.25) is 0 Å². The van der Waals surface area contributed by atoms with Gasteiger partial charge < -0.3 is 15.0 Å². The summed E-state index contributed by atoms with van der Waals surface area (Å²) in [5.41, 5.74) is 1.16. The molecule has 7 heteroatoms. The Bertz CT molecular complexity index is 753. The van der Waals surface area contributed by atoms with E-state index in [0.29, 0.717) is 5.92 Å². The van der Waals surface area contributed by atoms with E-state index < -0.39 is 0 Å². The Balaban J connectivity index is 0.00000300. The highest BCUT2D eigenvalue weighted by Gasteiger charge is 2.21. The van der Waals surface area contributed by atoms with Gasteiger partial charge in [-0.1, -0.05) is 24.3 Å². The van der Waals surface area contributed by atoms with Crippen molar-refractivity contribution in [2.45, 2.75) is 25.9 Å². The number of para-hydroxylation sites is 1. The van der Waals surface area contributed by atoms with Crippen LogP contribution in [0, 0.1) is 5.92 Å². The second-order valence-corrected chi connectivity index (χ2v) is 8.45. The summed E-state index contributed by atoms with van der Waals surface area (Å²) in [6.07, 6.45) is 2.55. The third-order valence-corrected chi connectivity index (χ3v) is 6.15. The predicted molar refractivity (Wildman–Crippen MR) is 134 cm³/mol. The molecule has 0 radical (unpaired) electrons. The first-order valence-electron chi connectivity index (χ1n) is 9.98. The van der Waals surface area contributed by atoms with Crippen molar-refractivity contribution in [2.75, 3.05) is 40.8 Å². The van der Waals surface area contributed by atoms with Crippen LogP contribution in [0.25, 0.3) is 0 Å². The Kier molecular flexibility index (Phi) is 10.2. The van der Waals surface area contributed by atoms with E-state index >= 15 is 0 Å². The number of guanidine groups is 1. The van der Waals surface area contributed by atoms with E-state index in [0.717, 1.165) is 43.5 Å². The third kappa shape index (κ3) is 7.15. The lowest BCUT2D eigenvalue weighted by Gasteiger charge is -2.33. The molecule has 3 rings (SSSR count). The lowest BCUT2D eigenvalue weighted by molar-refractivity contribution is 0.169. The molecule has 1 saturated heterocycles. The number of nitrogens with zero attached hydrogens (tertiary/aromatic N) is 3. The minimum atomic E-state index is 0. The fraction of sp³-hybridized carbons (Fsp3) is 0.500. The maximum atomic E-state index is 5.48. The molecule has 1 atom stereocenters. The van der Waals surface area contributed by atoms with Crippen molar-refractivity contribution in [3.63, 3.8) is 0 Å². The van der Waals surface area contributed by atoms with Crippen molar-refractivity contribution in [3.05, 3.63) is 52.2 Å². The van der Waals surface area contributed by atoms with Gasteiger partial charge in [-0.15, -0.1) is 35.3 Å². The molecule has 29 heavy (non-hydrogen) atoms. The number of rotatable bonds is 7. The van der Waals surface area contributed by atoms with Crippen LogP contribution < -0.4 is 10.1 Å². The van der Waals surface area contributed by atoms with E-state index in [1.54, 1.807) is 7.11 Å². The van der Waals surface area contributed by atoms with E-state index in [-0.39, 0.29) is 24.0 Å². The topological polar surface area (TPSA) is 40.1 Å². The molecule has 2 aromatic rings. The van der Waals surface area contributed by atoms with Gasteiger partial charge in [-0.05, 0) is 42.8 Å². The van der Waals surface area contributed by atoms with Crippen LogP contribution in [0.4, 0.5) is 0 Å². The summed E-state index contributed by atoms with van der Waals surface area (Å²) >= 11 is 1.85. The maximum Gasteiger partial charge on any atom is 0.193 e. The first-order chi connectivity index (χ1) is 13.7. The minimum absolute atomic E-state index is 0. The zero-order valence-corrected chi connectivity index (χ0v) is 20.8. The summed E-state index contributed by atoms with van der Waals surface area (Å²) in [7, 11) is 5.65. The largest absolute Gasteiger partial charge is 0.496 e. The molecular formula is C22H33IN4OS. The molecule has 0 spiro atoms. The highest BCUT2D eigenvalue weighted by Crippen LogP contribution is 2.21. The Morgan fingerprint density at radius 1 is 1.31 bits per heavy atom. The molecule has 1 aromatic carbocycles. The van der Waals surface area contributed by atoms with Crippen LogP contribution in [-0.2, 0) is 13.1 Å². The van der Waals surface area contributed by atoms with Crippen molar-refractivity contribution in [1.29, 1.82) is 0 Å². The van der Waals surface area contributed by atoms with Gasteiger partial charge in [0.1, 0.15) is 5.75 Å². The van der Waals surface area contributed by atoms with Crippen LogP contribution in [0.1, 0.15) is 23.3 Å². The van der Waals surface area contributed by atoms with Crippen LogP contribution >= 0.6 is 35.3 Å². The smallest absolute Gasteiger partial charge is 0.193 e. The Morgan fingerprint density at radius 3 is 2.86 bits per heavy atom. The van der Waals surface area contributed by atoms with Gasteiger partial charge in [0.15, 0.2) is 5.96 Å². The average molecular weight is 529 g/mol. The number of hydrogen-bond donors (Lipinski definition) is 1. The zero-order chi connectivity index (χ0) is 19.8. The third-order valence-electron chi connectivity index (χ3n) is 5.28. The van der Waals surface area contributed by atoms with E-state index in [1.165, 1.54) is 24.3 Å². The number of nitrogens with one attached hydrogen (secondary N) is 1. The summed E-state index contributed by atoms with van der Waals surface area (Å²) in [4.78, 5) is 10.7. The molecule has 0 bridgehead atoms. The number of ether oxygens (including phenoxy) is 1. The molecule has 2 heterocycles. The van der Waals surface area contributed by atoms with Gasteiger partial charge in [-0.25, -0.2) is 0 Å². The molecule has 0 saturated carbocycles. The van der Waals surface area contributed by atoms with Crippen molar-refractivity contribution >= 4 is 41.3 Å². The highest BCUT2D eigenvalue weighted by atomic mass is 127. The molecule has 1 unspecified atom stereocenters. The van der Waals surface area contributed by atoms with Gasteiger partial charge in [-0.2, -0.15) is 0 Å². The SMILES string of the molecule is CN=C(NCC1CCCN(Cc2cccs2)C1)N(C)Cc1ccccc1OC.I. The lowest BCUT2D eigenvalue weighted by Crippen LogP contribution is -2.44. The first kappa shape index (κ1) is 24.0. The Hall–Kier alpha value is -1.32. The number of aliphatic imine (C=N–C) groups is 1. The van der Waals surface area contributed by atoms with E-state index in [2.05, 4.69) is 50.7 Å². The highest BCUT2D eigenvalue weighted by molar-refractivity contribution is 14.0. The van der Waals surface area contributed by atoms with Crippen molar-refractivity contribution in [3.8, 4) is 5.75 Å². The number of piperidine rings is 1. The molecule has 1 aliphatic rings. The summed E-state index contributed by atoms with van der Waals surface area (Å²) in [6, 6.07) is 12.5. The van der Waals surface area contributed by atoms with E-state index in [1.807, 2.05) is 36.6 Å². The van der Waals surface area contributed by atoms with Crippen LogP contribution in [0.15, 0.2) is 46.8 Å². The predicted octanol–water partition coefficient (Wildman–Crippen LogP) is 4.29.